The van der Waals surface area contributed by atoms with E-state index in [9.17, 15) is 0 Å². The molecule has 2 rings (SSSR count). The summed E-state index contributed by atoms with van der Waals surface area (Å²) >= 11 is 7.56. The molecule has 2 heterocycles. The van der Waals surface area contributed by atoms with Crippen molar-refractivity contribution in [3.05, 3.63) is 11.2 Å². The SMILES string of the molecule is CSc1nc(Cl)cc(N2CCN(C)C(C)(C)C2)n1. The van der Waals surface area contributed by atoms with Crippen LogP contribution in [0.2, 0.25) is 5.15 Å². The summed E-state index contributed by atoms with van der Waals surface area (Å²) in [4.78, 5) is 13.4. The summed E-state index contributed by atoms with van der Waals surface area (Å²) in [6.07, 6.45) is 1.96. The number of piperazine rings is 1. The average Bonchev–Trinajstić information content (AvgIpc) is 2.31. The Morgan fingerprint density at radius 1 is 1.33 bits per heavy atom. The third-order valence-corrected chi connectivity index (χ3v) is 4.23. The first-order valence-corrected chi connectivity index (χ1v) is 7.57. The highest BCUT2D eigenvalue weighted by Gasteiger charge is 2.31. The van der Waals surface area contributed by atoms with Gasteiger partial charge in [-0.2, -0.15) is 0 Å². The van der Waals surface area contributed by atoms with Crippen LogP contribution < -0.4 is 4.90 Å². The summed E-state index contributed by atoms with van der Waals surface area (Å²) in [5.74, 6) is 0.931. The Hall–Kier alpha value is -0.520. The van der Waals surface area contributed by atoms with Gasteiger partial charge in [0, 0.05) is 31.2 Å². The number of aromatic nitrogens is 2. The predicted octanol–water partition coefficient (Wildman–Crippen LogP) is 2.38. The lowest BCUT2D eigenvalue weighted by Crippen LogP contribution is -2.57. The summed E-state index contributed by atoms with van der Waals surface area (Å²) in [5.41, 5.74) is 0.148. The highest BCUT2D eigenvalue weighted by Crippen LogP contribution is 2.25. The molecule has 6 heteroatoms. The number of hydrogen-bond acceptors (Lipinski definition) is 5. The number of halogens is 1. The standard InChI is InChI=1S/C12H19ClN4S/c1-12(2)8-17(6-5-16(12)3)10-7-9(13)14-11(15-10)18-4/h7H,5-6,8H2,1-4H3. The molecule has 0 N–H and O–H groups in total. The van der Waals surface area contributed by atoms with Crippen LogP contribution in [-0.2, 0) is 0 Å². The van der Waals surface area contributed by atoms with Crippen molar-refractivity contribution in [3.63, 3.8) is 0 Å². The first kappa shape index (κ1) is 13.9. The second kappa shape index (κ2) is 5.23. The van der Waals surface area contributed by atoms with Crippen molar-refractivity contribution in [2.45, 2.75) is 24.5 Å². The number of nitrogens with zero attached hydrogens (tertiary/aromatic N) is 4. The molecule has 0 aromatic carbocycles. The van der Waals surface area contributed by atoms with Crippen LogP contribution in [0, 0.1) is 0 Å². The fourth-order valence-electron chi connectivity index (χ4n) is 2.07. The van der Waals surface area contributed by atoms with Crippen LogP contribution in [0.25, 0.3) is 0 Å². The zero-order chi connectivity index (χ0) is 13.3. The predicted molar refractivity (Wildman–Crippen MR) is 77.7 cm³/mol. The van der Waals surface area contributed by atoms with E-state index in [4.69, 9.17) is 11.6 Å². The molecular weight excluding hydrogens is 268 g/mol. The molecule has 0 spiro atoms. The van der Waals surface area contributed by atoms with E-state index in [1.807, 2.05) is 12.3 Å². The van der Waals surface area contributed by atoms with Crippen LogP contribution in [0.1, 0.15) is 13.8 Å². The summed E-state index contributed by atoms with van der Waals surface area (Å²) in [5, 5.41) is 1.25. The number of anilines is 1. The van der Waals surface area contributed by atoms with Crippen molar-refractivity contribution in [2.75, 3.05) is 37.8 Å². The molecule has 18 heavy (non-hydrogen) atoms. The van der Waals surface area contributed by atoms with Crippen LogP contribution in [0.15, 0.2) is 11.2 Å². The molecule has 4 nitrogen and oxygen atoms in total. The molecule has 1 fully saturated rings. The minimum absolute atomic E-state index is 0.148. The normalized spacial score (nSPS) is 20.2. The van der Waals surface area contributed by atoms with Gasteiger partial charge in [-0.25, -0.2) is 9.97 Å². The molecule has 1 aliphatic heterocycles. The van der Waals surface area contributed by atoms with Gasteiger partial charge in [-0.1, -0.05) is 23.4 Å². The first-order valence-electron chi connectivity index (χ1n) is 5.97. The summed E-state index contributed by atoms with van der Waals surface area (Å²) in [6.45, 7) is 7.45. The fraction of sp³-hybridized carbons (Fsp3) is 0.667. The van der Waals surface area contributed by atoms with Crippen LogP contribution in [0.4, 0.5) is 5.82 Å². The molecule has 1 saturated heterocycles. The van der Waals surface area contributed by atoms with E-state index < -0.39 is 0 Å². The Bertz CT molecular complexity index is 438. The van der Waals surface area contributed by atoms with Gasteiger partial charge >= 0.3 is 0 Å². The molecule has 0 saturated carbocycles. The zero-order valence-electron chi connectivity index (χ0n) is 11.3. The lowest BCUT2D eigenvalue weighted by atomic mass is 10.00. The molecule has 1 aliphatic rings. The van der Waals surface area contributed by atoms with Crippen molar-refractivity contribution >= 4 is 29.2 Å². The Morgan fingerprint density at radius 3 is 2.67 bits per heavy atom. The molecule has 0 unspecified atom stereocenters. The van der Waals surface area contributed by atoms with E-state index in [-0.39, 0.29) is 5.54 Å². The number of likely N-dealkylation sites (N-methyl/N-ethyl adjacent to an activating group) is 1. The Kier molecular flexibility index (Phi) is 4.04. The zero-order valence-corrected chi connectivity index (χ0v) is 12.8. The Balaban J connectivity index is 2.24. The minimum Gasteiger partial charge on any atom is -0.353 e. The van der Waals surface area contributed by atoms with Gasteiger partial charge in [-0.05, 0) is 27.2 Å². The van der Waals surface area contributed by atoms with E-state index in [2.05, 4.69) is 40.7 Å². The van der Waals surface area contributed by atoms with Gasteiger partial charge < -0.3 is 4.90 Å². The van der Waals surface area contributed by atoms with E-state index >= 15 is 0 Å². The smallest absolute Gasteiger partial charge is 0.190 e. The summed E-state index contributed by atoms with van der Waals surface area (Å²) in [7, 11) is 2.16. The fourth-order valence-corrected chi connectivity index (χ4v) is 2.68. The maximum absolute atomic E-state index is 6.05. The maximum atomic E-state index is 6.05. The van der Waals surface area contributed by atoms with Gasteiger partial charge in [0.1, 0.15) is 11.0 Å². The third kappa shape index (κ3) is 2.90. The molecule has 1 aromatic heterocycles. The Labute approximate surface area is 118 Å². The lowest BCUT2D eigenvalue weighted by Gasteiger charge is -2.45. The molecule has 0 radical (unpaired) electrons. The van der Waals surface area contributed by atoms with E-state index in [0.717, 1.165) is 30.6 Å². The summed E-state index contributed by atoms with van der Waals surface area (Å²) in [6, 6.07) is 1.85. The highest BCUT2D eigenvalue weighted by molar-refractivity contribution is 7.98. The van der Waals surface area contributed by atoms with Crippen LogP contribution in [0.5, 0.6) is 0 Å². The monoisotopic (exact) mass is 286 g/mol. The second-order valence-electron chi connectivity index (χ2n) is 5.19. The topological polar surface area (TPSA) is 32.3 Å². The molecular formula is C12H19ClN4S. The van der Waals surface area contributed by atoms with Gasteiger partial charge in [-0.3, -0.25) is 4.90 Å². The first-order chi connectivity index (χ1) is 8.42. The highest BCUT2D eigenvalue weighted by atomic mass is 35.5. The van der Waals surface area contributed by atoms with Gasteiger partial charge in [-0.15, -0.1) is 0 Å². The molecule has 0 bridgehead atoms. The Morgan fingerprint density at radius 2 is 2.06 bits per heavy atom. The van der Waals surface area contributed by atoms with E-state index in [1.165, 1.54) is 11.8 Å². The quantitative estimate of drug-likeness (QED) is 0.473. The lowest BCUT2D eigenvalue weighted by molar-refractivity contribution is 0.138. The molecule has 0 amide bonds. The van der Waals surface area contributed by atoms with Gasteiger partial charge in [0.25, 0.3) is 0 Å². The van der Waals surface area contributed by atoms with Crippen molar-refractivity contribution < 1.29 is 0 Å². The number of thioether (sulfide) groups is 1. The van der Waals surface area contributed by atoms with Gasteiger partial charge in [0.2, 0.25) is 0 Å². The van der Waals surface area contributed by atoms with Crippen molar-refractivity contribution in [1.29, 1.82) is 0 Å². The van der Waals surface area contributed by atoms with Crippen LogP contribution in [0.3, 0.4) is 0 Å². The van der Waals surface area contributed by atoms with E-state index in [1.54, 1.807) is 0 Å². The molecule has 100 valence electrons. The van der Waals surface area contributed by atoms with Crippen LogP contribution >= 0.6 is 23.4 Å². The maximum Gasteiger partial charge on any atom is 0.190 e. The molecule has 0 aliphatic carbocycles. The minimum atomic E-state index is 0.148. The van der Waals surface area contributed by atoms with Crippen molar-refractivity contribution in [1.82, 2.24) is 14.9 Å². The van der Waals surface area contributed by atoms with Crippen LogP contribution in [-0.4, -0.2) is 53.3 Å². The molecule has 0 atom stereocenters. The van der Waals surface area contributed by atoms with Crippen molar-refractivity contribution in [3.8, 4) is 0 Å². The number of rotatable bonds is 2. The van der Waals surface area contributed by atoms with Crippen molar-refractivity contribution in [2.24, 2.45) is 0 Å². The van der Waals surface area contributed by atoms with Gasteiger partial charge in [0.05, 0.1) is 0 Å². The molecule has 1 aromatic rings. The van der Waals surface area contributed by atoms with E-state index in [0.29, 0.717) is 5.15 Å². The second-order valence-corrected chi connectivity index (χ2v) is 6.35. The summed E-state index contributed by atoms with van der Waals surface area (Å²) < 4.78 is 0. The van der Waals surface area contributed by atoms with Gasteiger partial charge in [0.15, 0.2) is 5.16 Å². The largest absolute Gasteiger partial charge is 0.353 e. The average molecular weight is 287 g/mol. The third-order valence-electron chi connectivity index (χ3n) is 3.48. The number of hydrogen-bond donors (Lipinski definition) is 0.